The van der Waals surface area contributed by atoms with Crippen molar-refractivity contribution in [3.8, 4) is 11.4 Å². The minimum Gasteiger partial charge on any atom is -0.392 e. The molecule has 0 saturated carbocycles. The van der Waals surface area contributed by atoms with Crippen LogP contribution in [-0.4, -0.2) is 82.1 Å². The van der Waals surface area contributed by atoms with Gasteiger partial charge in [0.2, 0.25) is 12.3 Å². The highest BCUT2D eigenvalue weighted by Crippen LogP contribution is 2.39. The third-order valence-electron chi connectivity index (χ3n) is 8.93. The number of β-amino-alcohol motifs (C(OH)–C–C–N with tert-alkyl or cyclic N) is 1. The number of hydrogen-bond donors (Lipinski definition) is 4. The number of rotatable bonds is 11. The van der Waals surface area contributed by atoms with Crippen molar-refractivity contribution in [3.63, 3.8) is 0 Å². The average molecular weight is 544 g/mol. The van der Waals surface area contributed by atoms with Crippen LogP contribution in [-0.2, 0) is 22.4 Å². The normalized spacial score (nSPS) is 23.1. The predicted octanol–water partition coefficient (Wildman–Crippen LogP) is 3.97. The van der Waals surface area contributed by atoms with Gasteiger partial charge in [-0.1, -0.05) is 50.8 Å². The highest BCUT2D eigenvalue weighted by molar-refractivity contribution is 5.92. The Morgan fingerprint density at radius 3 is 2.50 bits per heavy atom. The highest BCUT2D eigenvalue weighted by Gasteiger charge is 2.36. The lowest BCUT2D eigenvalue weighted by Crippen LogP contribution is -2.42. The molecule has 0 unspecified atom stereocenters. The smallest absolute Gasteiger partial charge is 0.242 e. The maximum absolute atomic E-state index is 13.1. The monoisotopic (exact) mass is 543 g/mol. The molecule has 8 heteroatoms. The predicted molar refractivity (Wildman–Crippen MR) is 161 cm³/mol. The van der Waals surface area contributed by atoms with Crippen molar-refractivity contribution in [2.75, 3.05) is 26.7 Å². The number of benzene rings is 1. The Morgan fingerprint density at radius 2 is 1.82 bits per heavy atom. The second-order valence-corrected chi connectivity index (χ2v) is 11.3. The molecule has 8 nitrogen and oxygen atoms in total. The van der Waals surface area contributed by atoms with Gasteiger partial charge in [0.25, 0.3) is 0 Å². The van der Waals surface area contributed by atoms with Crippen molar-refractivity contribution in [3.05, 3.63) is 59.8 Å². The molecule has 2 fully saturated rings. The topological polar surface area (TPSA) is 104 Å². The van der Waals surface area contributed by atoms with Crippen LogP contribution in [0, 0.1) is 5.92 Å². The van der Waals surface area contributed by atoms with Crippen LogP contribution >= 0.6 is 0 Å². The largest absolute Gasteiger partial charge is 0.392 e. The van der Waals surface area contributed by atoms with Crippen LogP contribution in [0.25, 0.3) is 34.4 Å². The number of likely N-dealkylation sites (tertiary alicyclic amines) is 2. The molecule has 0 radical (unpaired) electrons. The third kappa shape index (κ3) is 5.25. The average Bonchev–Trinajstić information content (AvgIpc) is 3.70. The molecule has 2 saturated heterocycles. The van der Waals surface area contributed by atoms with E-state index in [0.717, 1.165) is 59.4 Å². The quantitative estimate of drug-likeness (QED) is 0.275. The van der Waals surface area contributed by atoms with E-state index in [0.29, 0.717) is 31.8 Å². The van der Waals surface area contributed by atoms with E-state index in [1.807, 2.05) is 23.1 Å². The first-order valence-electron chi connectivity index (χ1n) is 14.3. The zero-order valence-electron chi connectivity index (χ0n) is 23.6. The van der Waals surface area contributed by atoms with Crippen LogP contribution in [0.15, 0.2) is 37.4 Å². The molecule has 212 valence electrons. The summed E-state index contributed by atoms with van der Waals surface area (Å²) in [6.07, 6.45) is 8.11. The fraction of sp³-hybridized carbons (Fsp3) is 0.438. The number of fused-ring (bicyclic) bond motifs is 1. The molecule has 0 aliphatic carbocycles. The van der Waals surface area contributed by atoms with Gasteiger partial charge in [-0.2, -0.15) is 0 Å². The summed E-state index contributed by atoms with van der Waals surface area (Å²) in [6, 6.07) is 8.62. The molecule has 4 atom stereocenters. The fourth-order valence-corrected chi connectivity index (χ4v) is 6.82. The van der Waals surface area contributed by atoms with E-state index in [2.05, 4.69) is 65.5 Å². The number of aliphatic hydroxyl groups is 1. The molecule has 0 bridgehead atoms. The minimum absolute atomic E-state index is 0.00950. The van der Waals surface area contributed by atoms with Crippen molar-refractivity contribution >= 4 is 35.4 Å². The van der Waals surface area contributed by atoms with E-state index in [9.17, 15) is 14.7 Å². The van der Waals surface area contributed by atoms with Crippen LogP contribution in [0.1, 0.15) is 48.6 Å². The van der Waals surface area contributed by atoms with Crippen molar-refractivity contribution in [2.45, 2.75) is 57.2 Å². The Labute approximate surface area is 236 Å². The molecule has 1 aromatic carbocycles. The number of hydrogen-bond acceptors (Lipinski definition) is 4. The lowest BCUT2D eigenvalue weighted by Gasteiger charge is -2.25. The number of carbonyl (C=O) groups is 2. The van der Waals surface area contributed by atoms with Crippen molar-refractivity contribution in [1.82, 2.24) is 25.1 Å². The molecule has 40 heavy (non-hydrogen) atoms. The van der Waals surface area contributed by atoms with Gasteiger partial charge in [0, 0.05) is 47.3 Å². The fourth-order valence-electron chi connectivity index (χ4n) is 6.82. The molecular formula is C32H41N5O3. The highest BCUT2D eigenvalue weighted by atomic mass is 16.3. The Balaban J connectivity index is 1.59. The lowest BCUT2D eigenvalue weighted by molar-refractivity contribution is -0.132. The number of aromatic nitrogens is 2. The van der Waals surface area contributed by atoms with Gasteiger partial charge in [-0.15, -0.1) is 0 Å². The third-order valence-corrected chi connectivity index (χ3v) is 8.93. The summed E-state index contributed by atoms with van der Waals surface area (Å²) in [4.78, 5) is 35.5. The first-order valence-corrected chi connectivity index (χ1v) is 14.3. The maximum atomic E-state index is 13.1. The van der Waals surface area contributed by atoms with Gasteiger partial charge in [0.1, 0.15) is 0 Å². The Morgan fingerprint density at radius 1 is 1.07 bits per heavy atom. The van der Waals surface area contributed by atoms with Crippen LogP contribution in [0.2, 0.25) is 0 Å². The van der Waals surface area contributed by atoms with Crippen molar-refractivity contribution in [2.24, 2.45) is 5.92 Å². The molecule has 5 rings (SSSR count). The van der Waals surface area contributed by atoms with E-state index in [1.165, 1.54) is 10.9 Å². The number of nitrogens with zero attached hydrogens (tertiary/aromatic N) is 2. The molecule has 2 amide bonds. The summed E-state index contributed by atoms with van der Waals surface area (Å²) in [6.45, 7) is 11.7. The summed E-state index contributed by atoms with van der Waals surface area (Å²) in [5.74, 6) is 0.370. The molecule has 4 heterocycles. The number of para-hydroxylation sites is 1. The number of amides is 2. The van der Waals surface area contributed by atoms with Crippen LogP contribution in [0.4, 0.5) is 0 Å². The van der Waals surface area contributed by atoms with E-state index in [1.54, 1.807) is 0 Å². The van der Waals surface area contributed by atoms with Gasteiger partial charge in [-0.05, 0) is 61.9 Å². The summed E-state index contributed by atoms with van der Waals surface area (Å²) in [5.41, 5.74) is 7.34. The Hall–Kier alpha value is -3.62. The van der Waals surface area contributed by atoms with Gasteiger partial charge in [-0.3, -0.25) is 9.59 Å². The summed E-state index contributed by atoms with van der Waals surface area (Å²) < 4.78 is 0. The van der Waals surface area contributed by atoms with Crippen LogP contribution in [0.5, 0.6) is 0 Å². The summed E-state index contributed by atoms with van der Waals surface area (Å²) >= 11 is 0. The standard InChI is InChI=1S/C32H41N5O3/c1-5-20-12-22(37(17-20)30(40)16-33-19-38)15-26-24(6-2)28(7-3)34-31(26)32-27(14-21-13-23(39)18-36(21)4)25-10-8-9-11-29(25)35-32/h6-11,19-23,34-35,39H,2-3,5,12-18H2,1,4H3,(H,33,38)/t20-,21-,22-,23-/m0/s1. The van der Waals surface area contributed by atoms with Gasteiger partial charge >= 0.3 is 0 Å². The first-order chi connectivity index (χ1) is 19.4. The molecular weight excluding hydrogens is 502 g/mol. The summed E-state index contributed by atoms with van der Waals surface area (Å²) in [5, 5.41) is 14.1. The Bertz CT molecular complexity index is 1400. The SMILES string of the molecule is C=Cc1[nH]c(-c2[nH]c3ccccc3c2C[C@@H]2C[C@H](O)CN2C)c(C[C@@H]2C[C@H](CC)CN2C(=O)CNC=O)c1C=C. The van der Waals surface area contributed by atoms with Gasteiger partial charge in [-0.25, -0.2) is 0 Å². The maximum Gasteiger partial charge on any atom is 0.242 e. The van der Waals surface area contributed by atoms with Gasteiger partial charge in [0.05, 0.1) is 24.0 Å². The second kappa shape index (κ2) is 11.9. The number of nitrogens with one attached hydrogen (secondary N) is 3. The van der Waals surface area contributed by atoms with Gasteiger partial charge in [0.15, 0.2) is 0 Å². The van der Waals surface area contributed by atoms with E-state index in [4.69, 9.17) is 0 Å². The zero-order chi connectivity index (χ0) is 28.4. The number of H-pyrrole nitrogens is 2. The molecule has 0 spiro atoms. The first kappa shape index (κ1) is 27.9. The van der Waals surface area contributed by atoms with Gasteiger partial charge < -0.3 is 30.2 Å². The number of likely N-dealkylation sites (N-methyl/N-ethyl adjacent to an activating group) is 1. The molecule has 2 aliphatic rings. The second-order valence-electron chi connectivity index (χ2n) is 11.3. The number of aromatic amines is 2. The van der Waals surface area contributed by atoms with E-state index in [-0.39, 0.29) is 30.6 Å². The Kier molecular flexibility index (Phi) is 8.28. The van der Waals surface area contributed by atoms with Crippen LogP contribution < -0.4 is 5.32 Å². The van der Waals surface area contributed by atoms with E-state index >= 15 is 0 Å². The molecule has 2 aromatic heterocycles. The zero-order valence-corrected chi connectivity index (χ0v) is 23.6. The van der Waals surface area contributed by atoms with Crippen molar-refractivity contribution < 1.29 is 14.7 Å². The molecule has 4 N–H and O–H groups in total. The van der Waals surface area contributed by atoms with Crippen LogP contribution in [0.3, 0.4) is 0 Å². The minimum atomic E-state index is -0.310. The number of carbonyl (C=O) groups excluding carboxylic acids is 2. The van der Waals surface area contributed by atoms with E-state index < -0.39 is 0 Å². The van der Waals surface area contributed by atoms with Crippen molar-refractivity contribution in [1.29, 1.82) is 0 Å². The number of aliphatic hydroxyl groups excluding tert-OH is 1. The molecule has 2 aliphatic heterocycles. The summed E-state index contributed by atoms with van der Waals surface area (Å²) in [7, 11) is 2.08. The lowest BCUT2D eigenvalue weighted by atomic mass is 9.93. The molecule has 3 aromatic rings.